The molecule has 1 N–H and O–H groups in total. The second kappa shape index (κ2) is 4.68. The zero-order valence-electron chi connectivity index (χ0n) is 9.98. The second-order valence-corrected chi connectivity index (χ2v) is 4.41. The van der Waals surface area contributed by atoms with E-state index in [1.807, 2.05) is 24.1 Å². The molecule has 1 unspecified atom stereocenters. The van der Waals surface area contributed by atoms with Gasteiger partial charge >= 0.3 is 6.18 Å². The lowest BCUT2D eigenvalue weighted by atomic mass is 10.1. The van der Waals surface area contributed by atoms with Gasteiger partial charge in [0.25, 0.3) is 0 Å². The van der Waals surface area contributed by atoms with Gasteiger partial charge in [0.15, 0.2) is 6.10 Å². The first-order chi connectivity index (χ1) is 8.39. The number of anilines is 2. The number of benzene rings is 1. The van der Waals surface area contributed by atoms with Gasteiger partial charge in [0, 0.05) is 20.1 Å². The third-order valence-corrected chi connectivity index (χ3v) is 3.11. The van der Waals surface area contributed by atoms with Crippen LogP contribution in [0.15, 0.2) is 24.3 Å². The van der Waals surface area contributed by atoms with Crippen LogP contribution in [0.4, 0.5) is 24.5 Å². The SMILES string of the molecule is CN1CCN(CC(O)C(F)(F)F)c2ccccc21. The number of hydrogen-bond acceptors (Lipinski definition) is 3. The predicted molar refractivity (Wildman–Crippen MR) is 64.0 cm³/mol. The van der Waals surface area contributed by atoms with Crippen LogP contribution in [0.3, 0.4) is 0 Å². The molecule has 3 nitrogen and oxygen atoms in total. The molecule has 6 heteroatoms. The maximum Gasteiger partial charge on any atom is 0.416 e. The molecule has 0 aliphatic carbocycles. The lowest BCUT2D eigenvalue weighted by Gasteiger charge is -2.38. The molecule has 0 fully saturated rings. The van der Waals surface area contributed by atoms with Crippen molar-refractivity contribution in [3.63, 3.8) is 0 Å². The highest BCUT2D eigenvalue weighted by Gasteiger charge is 2.39. The van der Waals surface area contributed by atoms with Gasteiger partial charge in [-0.2, -0.15) is 13.2 Å². The molecule has 1 aromatic rings. The van der Waals surface area contributed by atoms with E-state index in [0.717, 1.165) is 11.4 Å². The van der Waals surface area contributed by atoms with Gasteiger partial charge in [0.1, 0.15) is 0 Å². The van der Waals surface area contributed by atoms with E-state index in [4.69, 9.17) is 5.11 Å². The van der Waals surface area contributed by atoms with Crippen molar-refractivity contribution >= 4 is 11.4 Å². The number of hydrogen-bond donors (Lipinski definition) is 1. The number of nitrogens with zero attached hydrogens (tertiary/aromatic N) is 2. The molecule has 1 aliphatic heterocycles. The zero-order valence-corrected chi connectivity index (χ0v) is 9.98. The van der Waals surface area contributed by atoms with Crippen molar-refractivity contribution in [3.05, 3.63) is 24.3 Å². The number of rotatable bonds is 2. The van der Waals surface area contributed by atoms with Crippen molar-refractivity contribution in [2.75, 3.05) is 36.5 Å². The Balaban J connectivity index is 2.19. The number of fused-ring (bicyclic) bond motifs is 1. The first-order valence-electron chi connectivity index (χ1n) is 5.69. The second-order valence-electron chi connectivity index (χ2n) is 4.41. The van der Waals surface area contributed by atoms with Crippen LogP contribution in [0.2, 0.25) is 0 Å². The predicted octanol–water partition coefficient (Wildman–Crippen LogP) is 1.87. The number of β-amino-alcohol motifs (C(OH)–C–C–N with tert-alkyl or cyclic N) is 1. The first kappa shape index (κ1) is 13.0. The number of aliphatic hydroxyl groups excluding tert-OH is 1. The van der Waals surface area contributed by atoms with Gasteiger partial charge in [0.05, 0.1) is 17.9 Å². The van der Waals surface area contributed by atoms with Gasteiger partial charge in [-0.1, -0.05) is 12.1 Å². The van der Waals surface area contributed by atoms with Crippen LogP contribution >= 0.6 is 0 Å². The highest BCUT2D eigenvalue weighted by molar-refractivity contribution is 5.73. The summed E-state index contributed by atoms with van der Waals surface area (Å²) in [5.74, 6) is 0. The number of para-hydroxylation sites is 2. The van der Waals surface area contributed by atoms with Crippen LogP contribution in [0.5, 0.6) is 0 Å². The average Bonchev–Trinajstić information content (AvgIpc) is 2.32. The smallest absolute Gasteiger partial charge is 0.382 e. The van der Waals surface area contributed by atoms with Crippen molar-refractivity contribution in [1.29, 1.82) is 0 Å². The Hall–Kier alpha value is -1.43. The van der Waals surface area contributed by atoms with E-state index in [1.165, 1.54) is 0 Å². The third kappa shape index (κ3) is 2.53. The highest BCUT2D eigenvalue weighted by Crippen LogP contribution is 2.33. The molecular weight excluding hydrogens is 245 g/mol. The zero-order chi connectivity index (χ0) is 13.3. The molecule has 2 rings (SSSR count). The van der Waals surface area contributed by atoms with E-state index in [-0.39, 0.29) is 0 Å². The summed E-state index contributed by atoms with van der Waals surface area (Å²) in [5, 5.41) is 9.15. The standard InChI is InChI=1S/C12H15F3N2O/c1-16-6-7-17(8-11(18)12(13,14)15)10-5-3-2-4-9(10)16/h2-5,11,18H,6-8H2,1H3. The Morgan fingerprint density at radius 1 is 1.22 bits per heavy atom. The number of alkyl halides is 3. The number of aliphatic hydroxyl groups is 1. The minimum atomic E-state index is -4.57. The molecule has 0 saturated heterocycles. The maximum atomic E-state index is 12.4. The first-order valence-corrected chi connectivity index (χ1v) is 5.69. The Labute approximate surface area is 103 Å². The van der Waals surface area contributed by atoms with E-state index >= 15 is 0 Å². The molecule has 1 aromatic carbocycles. The number of halogens is 3. The van der Waals surface area contributed by atoms with E-state index in [0.29, 0.717) is 13.1 Å². The maximum absolute atomic E-state index is 12.4. The Morgan fingerprint density at radius 3 is 2.44 bits per heavy atom. The fourth-order valence-corrected chi connectivity index (χ4v) is 2.07. The molecule has 0 saturated carbocycles. The minimum Gasteiger partial charge on any atom is -0.382 e. The topological polar surface area (TPSA) is 26.7 Å². The molecular formula is C12H15F3N2O. The molecule has 0 spiro atoms. The normalized spacial score (nSPS) is 17.6. The van der Waals surface area contributed by atoms with Gasteiger partial charge in [-0.15, -0.1) is 0 Å². The quantitative estimate of drug-likeness (QED) is 0.879. The van der Waals surface area contributed by atoms with Crippen molar-refractivity contribution in [2.45, 2.75) is 12.3 Å². The molecule has 1 aliphatic rings. The van der Waals surface area contributed by atoms with E-state index in [2.05, 4.69) is 0 Å². The Bertz CT molecular complexity index is 422. The van der Waals surface area contributed by atoms with Crippen LogP contribution in [0.1, 0.15) is 0 Å². The summed E-state index contributed by atoms with van der Waals surface area (Å²) >= 11 is 0. The van der Waals surface area contributed by atoms with E-state index in [1.54, 1.807) is 17.0 Å². The van der Waals surface area contributed by atoms with Gasteiger partial charge < -0.3 is 14.9 Å². The summed E-state index contributed by atoms with van der Waals surface area (Å²) < 4.78 is 37.1. The summed E-state index contributed by atoms with van der Waals surface area (Å²) in [6.07, 6.45) is -6.88. The van der Waals surface area contributed by atoms with Crippen LogP contribution in [-0.4, -0.2) is 44.1 Å². The van der Waals surface area contributed by atoms with Gasteiger partial charge in [-0.3, -0.25) is 0 Å². The lowest BCUT2D eigenvalue weighted by Crippen LogP contribution is -2.46. The highest BCUT2D eigenvalue weighted by atomic mass is 19.4. The van der Waals surface area contributed by atoms with Crippen LogP contribution in [0.25, 0.3) is 0 Å². The van der Waals surface area contributed by atoms with Crippen molar-refractivity contribution < 1.29 is 18.3 Å². The van der Waals surface area contributed by atoms with Crippen molar-refractivity contribution in [3.8, 4) is 0 Å². The molecule has 1 atom stereocenters. The summed E-state index contributed by atoms with van der Waals surface area (Å²) in [6.45, 7) is 0.691. The Kier molecular flexibility index (Phi) is 3.38. The number of likely N-dealkylation sites (N-methyl/N-ethyl adjacent to an activating group) is 1. The molecule has 0 amide bonds. The molecule has 0 aromatic heterocycles. The largest absolute Gasteiger partial charge is 0.416 e. The summed E-state index contributed by atoms with van der Waals surface area (Å²) in [6, 6.07) is 7.26. The minimum absolute atomic E-state index is 0.422. The summed E-state index contributed by atoms with van der Waals surface area (Å²) in [7, 11) is 1.90. The molecule has 0 radical (unpaired) electrons. The Morgan fingerprint density at radius 2 is 1.83 bits per heavy atom. The monoisotopic (exact) mass is 260 g/mol. The average molecular weight is 260 g/mol. The van der Waals surface area contributed by atoms with Crippen LogP contribution < -0.4 is 9.80 Å². The molecule has 1 heterocycles. The van der Waals surface area contributed by atoms with Gasteiger partial charge in [-0.05, 0) is 12.1 Å². The molecule has 100 valence electrons. The van der Waals surface area contributed by atoms with E-state index in [9.17, 15) is 13.2 Å². The fourth-order valence-electron chi connectivity index (χ4n) is 2.07. The van der Waals surface area contributed by atoms with Gasteiger partial charge in [0.2, 0.25) is 0 Å². The van der Waals surface area contributed by atoms with E-state index < -0.39 is 18.8 Å². The summed E-state index contributed by atoms with van der Waals surface area (Å²) in [5.41, 5.74) is 1.62. The van der Waals surface area contributed by atoms with Crippen molar-refractivity contribution in [2.24, 2.45) is 0 Å². The lowest BCUT2D eigenvalue weighted by molar-refractivity contribution is -0.200. The van der Waals surface area contributed by atoms with Crippen molar-refractivity contribution in [1.82, 2.24) is 0 Å². The molecule has 0 bridgehead atoms. The third-order valence-electron chi connectivity index (χ3n) is 3.11. The fraction of sp³-hybridized carbons (Fsp3) is 0.500. The van der Waals surface area contributed by atoms with Gasteiger partial charge in [-0.25, -0.2) is 0 Å². The summed E-state index contributed by atoms with van der Waals surface area (Å²) in [4.78, 5) is 3.57. The molecule has 18 heavy (non-hydrogen) atoms. The van der Waals surface area contributed by atoms with Crippen LogP contribution in [-0.2, 0) is 0 Å². The van der Waals surface area contributed by atoms with Crippen LogP contribution in [0, 0.1) is 0 Å².